The van der Waals surface area contributed by atoms with Crippen molar-refractivity contribution in [3.63, 3.8) is 0 Å². The molecule has 3 N–H and O–H groups in total. The highest BCUT2D eigenvalue weighted by molar-refractivity contribution is 5.76. The van der Waals surface area contributed by atoms with Crippen molar-refractivity contribution in [1.82, 2.24) is 5.32 Å². The van der Waals surface area contributed by atoms with Gasteiger partial charge in [-0.1, -0.05) is 269 Å². The highest BCUT2D eigenvalue weighted by Crippen LogP contribution is 2.17. The molecule has 0 aromatic heterocycles. The van der Waals surface area contributed by atoms with E-state index in [0.29, 0.717) is 19.4 Å². The first kappa shape index (κ1) is 64.1. The molecule has 6 nitrogen and oxygen atoms in total. The Balaban J connectivity index is 3.52. The van der Waals surface area contributed by atoms with E-state index in [-0.39, 0.29) is 18.5 Å². The van der Waals surface area contributed by atoms with E-state index in [4.69, 9.17) is 4.74 Å². The van der Waals surface area contributed by atoms with Crippen molar-refractivity contribution < 1.29 is 24.5 Å². The second kappa shape index (κ2) is 55.7. The van der Waals surface area contributed by atoms with Crippen LogP contribution in [0.4, 0.5) is 0 Å². The quantitative estimate of drug-likeness (QED) is 0.0244. The number of esters is 1. The number of rotatable bonds is 54. The minimum absolute atomic E-state index is 0.0185. The second-order valence-corrected chi connectivity index (χ2v) is 20.0. The van der Waals surface area contributed by atoms with Crippen molar-refractivity contribution in [3.8, 4) is 0 Å². The van der Waals surface area contributed by atoms with Gasteiger partial charge in [-0.25, -0.2) is 0 Å². The van der Waals surface area contributed by atoms with Gasteiger partial charge in [-0.05, 0) is 64.2 Å². The van der Waals surface area contributed by atoms with E-state index in [0.717, 1.165) is 77.0 Å². The van der Waals surface area contributed by atoms with Gasteiger partial charge in [0.2, 0.25) is 5.91 Å². The van der Waals surface area contributed by atoms with Gasteiger partial charge >= 0.3 is 5.97 Å². The van der Waals surface area contributed by atoms with Crippen LogP contribution in [0.3, 0.4) is 0 Å². The van der Waals surface area contributed by atoms with Crippen LogP contribution in [-0.2, 0) is 14.3 Å². The summed E-state index contributed by atoms with van der Waals surface area (Å²) in [6.07, 6.45) is 68.8. The number of aliphatic hydroxyl groups excluding tert-OH is 2. The Labute approximate surface area is 411 Å². The Hall–Kier alpha value is -1.92. The lowest BCUT2D eigenvalue weighted by Gasteiger charge is -2.20. The van der Waals surface area contributed by atoms with Crippen molar-refractivity contribution >= 4 is 11.9 Å². The van der Waals surface area contributed by atoms with Gasteiger partial charge in [-0.15, -0.1) is 0 Å². The third-order valence-corrected chi connectivity index (χ3v) is 13.4. The number of allylic oxidation sites excluding steroid dienone is 5. The first-order chi connectivity index (χ1) is 32.5. The minimum atomic E-state index is -0.859. The summed E-state index contributed by atoms with van der Waals surface area (Å²) in [5.74, 6) is -0.108. The van der Waals surface area contributed by atoms with Crippen LogP contribution in [0.5, 0.6) is 0 Å². The average molecular weight is 929 g/mol. The maximum absolute atomic E-state index is 12.4. The molecule has 0 aliphatic rings. The summed E-state index contributed by atoms with van der Waals surface area (Å²) < 4.78 is 5.46. The highest BCUT2D eigenvalue weighted by atomic mass is 16.5. The molecule has 2 atom stereocenters. The van der Waals surface area contributed by atoms with Crippen LogP contribution < -0.4 is 5.32 Å². The van der Waals surface area contributed by atoms with Crippen LogP contribution in [0, 0.1) is 0 Å². The lowest BCUT2D eigenvalue weighted by molar-refractivity contribution is -0.143. The SMILES string of the molecule is CCCCCCCCCCCCCCCC/C=C/C(O)C(CO)NC(=O)CCCCCCCC/C=C\C=C/CCCCCOC(=O)CCCCCCCCCCCCCCCCCCCC. The second-order valence-electron chi connectivity index (χ2n) is 20.0. The number of ether oxygens (including phenoxy) is 1. The fourth-order valence-electron chi connectivity index (χ4n) is 8.92. The number of carbonyl (C=O) groups excluding carboxylic acids is 2. The van der Waals surface area contributed by atoms with E-state index in [1.807, 2.05) is 6.08 Å². The molecular weight excluding hydrogens is 815 g/mol. The average Bonchev–Trinajstić information content (AvgIpc) is 3.32. The minimum Gasteiger partial charge on any atom is -0.466 e. The third kappa shape index (κ3) is 51.5. The van der Waals surface area contributed by atoms with E-state index in [9.17, 15) is 19.8 Å². The number of hydrogen-bond acceptors (Lipinski definition) is 5. The molecule has 0 saturated carbocycles. The van der Waals surface area contributed by atoms with Gasteiger partial charge < -0.3 is 20.3 Å². The zero-order valence-corrected chi connectivity index (χ0v) is 44.2. The van der Waals surface area contributed by atoms with Gasteiger partial charge in [0, 0.05) is 12.8 Å². The van der Waals surface area contributed by atoms with Crippen LogP contribution in [0.15, 0.2) is 36.5 Å². The van der Waals surface area contributed by atoms with E-state index < -0.39 is 12.1 Å². The van der Waals surface area contributed by atoms with Crippen LogP contribution in [0.25, 0.3) is 0 Å². The van der Waals surface area contributed by atoms with E-state index in [2.05, 4.69) is 43.5 Å². The maximum atomic E-state index is 12.4. The van der Waals surface area contributed by atoms with Crippen molar-refractivity contribution in [2.24, 2.45) is 0 Å². The molecule has 0 aliphatic heterocycles. The summed E-state index contributed by atoms with van der Waals surface area (Å²) in [4.78, 5) is 24.5. The first-order valence-electron chi connectivity index (χ1n) is 29.3. The van der Waals surface area contributed by atoms with Gasteiger partial charge in [-0.2, -0.15) is 0 Å². The van der Waals surface area contributed by atoms with Crippen molar-refractivity contribution in [2.75, 3.05) is 13.2 Å². The maximum Gasteiger partial charge on any atom is 0.305 e. The molecule has 2 unspecified atom stereocenters. The molecule has 0 bridgehead atoms. The summed E-state index contributed by atoms with van der Waals surface area (Å²) in [7, 11) is 0. The zero-order valence-electron chi connectivity index (χ0n) is 44.2. The van der Waals surface area contributed by atoms with Crippen molar-refractivity contribution in [3.05, 3.63) is 36.5 Å². The number of nitrogens with one attached hydrogen (secondary N) is 1. The summed E-state index contributed by atoms with van der Waals surface area (Å²) >= 11 is 0. The summed E-state index contributed by atoms with van der Waals surface area (Å²) in [5.41, 5.74) is 0. The monoisotopic (exact) mass is 928 g/mol. The molecule has 1 amide bonds. The topological polar surface area (TPSA) is 95.9 Å². The Morgan fingerprint density at radius 3 is 1.12 bits per heavy atom. The molecule has 6 heteroatoms. The van der Waals surface area contributed by atoms with Crippen molar-refractivity contribution in [2.45, 2.75) is 321 Å². The standard InChI is InChI=1S/C60H113NO5/c1-3-5-7-9-11-13-15-17-19-21-22-26-30-34-38-42-46-50-54-60(65)66-55-51-47-43-39-35-31-27-23-25-29-33-37-41-45-49-53-59(64)61-57(56-62)58(63)52-48-44-40-36-32-28-24-20-18-16-14-12-10-8-6-4-2/h23,27,31,35,48,52,57-58,62-63H,3-22,24-26,28-30,32-34,36-47,49-51,53-56H2,1-2H3,(H,61,64)/b27-23-,35-31-,52-48+. The lowest BCUT2D eigenvalue weighted by atomic mass is 10.0. The third-order valence-electron chi connectivity index (χ3n) is 13.4. The smallest absolute Gasteiger partial charge is 0.305 e. The van der Waals surface area contributed by atoms with E-state index in [1.54, 1.807) is 6.08 Å². The summed E-state index contributed by atoms with van der Waals surface area (Å²) in [6, 6.07) is -0.644. The molecule has 0 aromatic carbocycles. The molecule has 388 valence electrons. The molecule has 0 heterocycles. The highest BCUT2D eigenvalue weighted by Gasteiger charge is 2.18. The van der Waals surface area contributed by atoms with E-state index >= 15 is 0 Å². The van der Waals surface area contributed by atoms with Crippen LogP contribution in [0.2, 0.25) is 0 Å². The summed E-state index contributed by atoms with van der Waals surface area (Å²) in [5, 5.41) is 23.1. The lowest BCUT2D eigenvalue weighted by Crippen LogP contribution is -2.45. The fraction of sp³-hybridized carbons (Fsp3) is 0.867. The molecule has 0 aliphatic carbocycles. The first-order valence-corrected chi connectivity index (χ1v) is 29.3. The molecule has 0 spiro atoms. The predicted molar refractivity (Wildman–Crippen MR) is 287 cm³/mol. The van der Waals surface area contributed by atoms with Gasteiger partial charge in [-0.3, -0.25) is 9.59 Å². The molecule has 0 rings (SSSR count). The van der Waals surface area contributed by atoms with Gasteiger partial charge in [0.25, 0.3) is 0 Å². The Kier molecular flexibility index (Phi) is 54.1. The van der Waals surface area contributed by atoms with Gasteiger partial charge in [0.15, 0.2) is 0 Å². The molecule has 0 aromatic rings. The fourth-order valence-corrected chi connectivity index (χ4v) is 8.92. The van der Waals surface area contributed by atoms with Gasteiger partial charge in [0.05, 0.1) is 25.4 Å². The number of carbonyl (C=O) groups is 2. The molecule has 0 fully saturated rings. The normalized spacial score (nSPS) is 12.8. The largest absolute Gasteiger partial charge is 0.466 e. The van der Waals surface area contributed by atoms with Gasteiger partial charge in [0.1, 0.15) is 0 Å². The van der Waals surface area contributed by atoms with Crippen LogP contribution >= 0.6 is 0 Å². The zero-order chi connectivity index (χ0) is 47.9. The Morgan fingerprint density at radius 1 is 0.424 bits per heavy atom. The summed E-state index contributed by atoms with van der Waals surface area (Å²) in [6.45, 7) is 4.86. The number of hydrogen-bond donors (Lipinski definition) is 3. The molecule has 66 heavy (non-hydrogen) atoms. The molecule has 0 saturated heterocycles. The predicted octanol–water partition coefficient (Wildman–Crippen LogP) is 18.0. The number of amides is 1. The molecule has 0 radical (unpaired) electrons. The number of aliphatic hydroxyl groups is 2. The Morgan fingerprint density at radius 2 is 0.742 bits per heavy atom. The molecular formula is C60H113NO5. The van der Waals surface area contributed by atoms with Crippen molar-refractivity contribution in [1.29, 1.82) is 0 Å². The van der Waals surface area contributed by atoms with Crippen LogP contribution in [-0.4, -0.2) is 47.4 Å². The van der Waals surface area contributed by atoms with E-state index in [1.165, 1.54) is 205 Å². The number of unbranched alkanes of at least 4 members (excludes halogenated alkanes) is 40. The Bertz CT molecular complexity index is 1070. The van der Waals surface area contributed by atoms with Crippen LogP contribution in [0.1, 0.15) is 309 Å².